The average Bonchev–Trinajstić information content (AvgIpc) is 2.17. The molecule has 0 heterocycles. The van der Waals surface area contributed by atoms with E-state index >= 15 is 0 Å². The zero-order valence-corrected chi connectivity index (χ0v) is 10.7. The van der Waals surface area contributed by atoms with Gasteiger partial charge in [-0.15, -0.1) is 0 Å². The molecule has 3 atom stereocenters. The quantitative estimate of drug-likeness (QED) is 0.540. The average molecular weight is 206 g/mol. The molecule has 0 radical (unpaired) electrons. The molecule has 0 aromatic carbocycles. The van der Waals surface area contributed by atoms with Crippen LogP contribution in [0.4, 0.5) is 0 Å². The van der Waals surface area contributed by atoms with Crippen LogP contribution in [0.5, 0.6) is 0 Å². The van der Waals surface area contributed by atoms with Crippen LogP contribution in [0, 0.1) is 23.2 Å². The molecule has 86 valence electrons. The minimum atomic E-state index is 0.612. The van der Waals surface area contributed by atoms with Gasteiger partial charge in [0.1, 0.15) is 0 Å². The van der Waals surface area contributed by atoms with E-state index in [0.717, 1.165) is 17.8 Å². The van der Waals surface area contributed by atoms with Gasteiger partial charge in [-0.25, -0.2) is 0 Å². The van der Waals surface area contributed by atoms with Crippen LogP contribution in [-0.2, 0) is 0 Å². The normalized spacial score (nSPS) is 41.7. The number of rotatable bonds is 1. The molecule has 0 saturated heterocycles. The summed E-state index contributed by atoms with van der Waals surface area (Å²) in [6.45, 7) is 11.6. The van der Waals surface area contributed by atoms with Gasteiger partial charge < -0.3 is 0 Å². The van der Waals surface area contributed by atoms with Gasteiger partial charge in [0, 0.05) is 0 Å². The van der Waals surface area contributed by atoms with Crippen molar-refractivity contribution in [3.8, 4) is 0 Å². The van der Waals surface area contributed by atoms with Crippen LogP contribution in [0.1, 0.15) is 59.3 Å². The summed E-state index contributed by atoms with van der Waals surface area (Å²) < 4.78 is 0. The molecule has 0 spiro atoms. The van der Waals surface area contributed by atoms with E-state index in [1.807, 2.05) is 0 Å². The first-order chi connectivity index (χ1) is 7.03. The third kappa shape index (κ3) is 2.00. The standard InChI is InChI=1S/C15H26/c1-11(2)13-7-9-15(4)8-5-6-12(3)14(15)10-13/h11,13-14H,3,5-10H2,1-2,4H3/t13-,14+,15-/m1/s1. The van der Waals surface area contributed by atoms with E-state index in [9.17, 15) is 0 Å². The van der Waals surface area contributed by atoms with Crippen molar-refractivity contribution in [3.05, 3.63) is 12.2 Å². The summed E-state index contributed by atoms with van der Waals surface area (Å²) in [5.41, 5.74) is 2.18. The highest BCUT2D eigenvalue weighted by Crippen LogP contribution is 2.54. The fourth-order valence-electron chi connectivity index (χ4n) is 3.85. The molecule has 0 aromatic rings. The van der Waals surface area contributed by atoms with E-state index in [4.69, 9.17) is 0 Å². The van der Waals surface area contributed by atoms with Gasteiger partial charge >= 0.3 is 0 Å². The molecule has 0 heteroatoms. The second-order valence-electron chi connectivity index (χ2n) is 6.50. The number of allylic oxidation sites excluding steroid dienone is 1. The van der Waals surface area contributed by atoms with Crippen LogP contribution >= 0.6 is 0 Å². The Balaban J connectivity index is 2.12. The van der Waals surface area contributed by atoms with Gasteiger partial charge in [0.25, 0.3) is 0 Å². The Labute approximate surface area is 95.1 Å². The third-order valence-corrected chi connectivity index (χ3v) is 5.15. The zero-order chi connectivity index (χ0) is 11.1. The molecule has 0 amide bonds. The lowest BCUT2D eigenvalue weighted by Gasteiger charge is -2.49. The lowest BCUT2D eigenvalue weighted by Crippen LogP contribution is -2.39. The van der Waals surface area contributed by atoms with Crippen molar-refractivity contribution in [1.82, 2.24) is 0 Å². The first-order valence-corrected chi connectivity index (χ1v) is 6.70. The smallest absolute Gasteiger partial charge is 0.0149 e. The highest BCUT2D eigenvalue weighted by molar-refractivity contribution is 5.12. The van der Waals surface area contributed by atoms with Crippen molar-refractivity contribution in [2.75, 3.05) is 0 Å². The van der Waals surface area contributed by atoms with Crippen LogP contribution in [0.25, 0.3) is 0 Å². The van der Waals surface area contributed by atoms with Crippen LogP contribution in [0.15, 0.2) is 12.2 Å². The van der Waals surface area contributed by atoms with Gasteiger partial charge in [-0.05, 0) is 61.7 Å². The van der Waals surface area contributed by atoms with Crippen LogP contribution < -0.4 is 0 Å². The summed E-state index contributed by atoms with van der Waals surface area (Å²) in [5.74, 6) is 2.66. The maximum absolute atomic E-state index is 4.34. The Kier molecular flexibility index (Phi) is 2.96. The molecular weight excluding hydrogens is 180 g/mol. The monoisotopic (exact) mass is 206 g/mol. The van der Waals surface area contributed by atoms with Crippen molar-refractivity contribution < 1.29 is 0 Å². The predicted octanol–water partition coefficient (Wildman–Crippen LogP) is 4.81. The molecular formula is C15H26. The summed E-state index contributed by atoms with van der Waals surface area (Å²) >= 11 is 0. The van der Waals surface area contributed by atoms with Gasteiger partial charge in [-0.3, -0.25) is 0 Å². The molecule has 15 heavy (non-hydrogen) atoms. The minimum absolute atomic E-state index is 0.612. The van der Waals surface area contributed by atoms with Crippen molar-refractivity contribution in [3.63, 3.8) is 0 Å². The number of fused-ring (bicyclic) bond motifs is 1. The van der Waals surface area contributed by atoms with Gasteiger partial charge in [-0.2, -0.15) is 0 Å². The third-order valence-electron chi connectivity index (χ3n) is 5.15. The van der Waals surface area contributed by atoms with Crippen molar-refractivity contribution >= 4 is 0 Å². The van der Waals surface area contributed by atoms with E-state index in [1.165, 1.54) is 38.5 Å². The summed E-state index contributed by atoms with van der Waals surface area (Å²) in [6, 6.07) is 0. The van der Waals surface area contributed by atoms with Gasteiger partial charge in [0.2, 0.25) is 0 Å². The summed E-state index contributed by atoms with van der Waals surface area (Å²) in [4.78, 5) is 0. The topological polar surface area (TPSA) is 0 Å². The largest absolute Gasteiger partial charge is 0.0996 e. The molecule has 0 aliphatic heterocycles. The Bertz CT molecular complexity index is 251. The summed E-state index contributed by atoms with van der Waals surface area (Å²) in [5, 5.41) is 0. The van der Waals surface area contributed by atoms with Crippen LogP contribution in [0.2, 0.25) is 0 Å². The second kappa shape index (κ2) is 3.96. The minimum Gasteiger partial charge on any atom is -0.0996 e. The fraction of sp³-hybridized carbons (Fsp3) is 0.867. The van der Waals surface area contributed by atoms with E-state index in [2.05, 4.69) is 27.4 Å². The molecule has 0 unspecified atom stereocenters. The van der Waals surface area contributed by atoms with E-state index in [0.29, 0.717) is 5.41 Å². The summed E-state index contributed by atoms with van der Waals surface area (Å²) in [7, 11) is 0. The van der Waals surface area contributed by atoms with E-state index in [-0.39, 0.29) is 0 Å². The summed E-state index contributed by atoms with van der Waals surface area (Å²) in [6.07, 6.45) is 8.45. The highest BCUT2D eigenvalue weighted by Gasteiger charge is 2.43. The Hall–Kier alpha value is -0.260. The maximum Gasteiger partial charge on any atom is -0.0149 e. The SMILES string of the molecule is C=C1CCC[C@]2(C)CC[C@@H](C(C)C)C[C@@H]12. The predicted molar refractivity (Wildman–Crippen MR) is 66.8 cm³/mol. The van der Waals surface area contributed by atoms with Crippen LogP contribution in [0.3, 0.4) is 0 Å². The molecule has 0 aromatic heterocycles. The number of hydrogen-bond donors (Lipinski definition) is 0. The maximum atomic E-state index is 4.34. The lowest BCUT2D eigenvalue weighted by atomic mass is 9.56. The molecule has 0 N–H and O–H groups in total. The fourth-order valence-corrected chi connectivity index (χ4v) is 3.85. The lowest BCUT2D eigenvalue weighted by molar-refractivity contribution is 0.0583. The number of hydrogen-bond acceptors (Lipinski definition) is 0. The molecule has 2 aliphatic rings. The zero-order valence-electron chi connectivity index (χ0n) is 10.7. The van der Waals surface area contributed by atoms with Crippen molar-refractivity contribution in [2.45, 2.75) is 59.3 Å². The highest BCUT2D eigenvalue weighted by atomic mass is 14.5. The Morgan fingerprint density at radius 3 is 2.73 bits per heavy atom. The second-order valence-corrected chi connectivity index (χ2v) is 6.50. The first-order valence-electron chi connectivity index (χ1n) is 6.70. The molecule has 2 rings (SSSR count). The molecule has 0 bridgehead atoms. The van der Waals surface area contributed by atoms with Gasteiger partial charge in [-0.1, -0.05) is 32.9 Å². The van der Waals surface area contributed by atoms with Gasteiger partial charge in [0.05, 0.1) is 0 Å². The Morgan fingerprint density at radius 1 is 1.33 bits per heavy atom. The molecule has 2 saturated carbocycles. The van der Waals surface area contributed by atoms with Gasteiger partial charge in [0.15, 0.2) is 0 Å². The molecule has 0 nitrogen and oxygen atoms in total. The van der Waals surface area contributed by atoms with E-state index in [1.54, 1.807) is 5.57 Å². The molecule has 2 fully saturated rings. The Morgan fingerprint density at radius 2 is 2.07 bits per heavy atom. The first kappa shape index (κ1) is 11.2. The van der Waals surface area contributed by atoms with Crippen LogP contribution in [-0.4, -0.2) is 0 Å². The molecule has 2 aliphatic carbocycles. The van der Waals surface area contributed by atoms with Crippen molar-refractivity contribution in [1.29, 1.82) is 0 Å². The van der Waals surface area contributed by atoms with Crippen molar-refractivity contribution in [2.24, 2.45) is 23.2 Å². The van der Waals surface area contributed by atoms with E-state index < -0.39 is 0 Å².